The monoisotopic (exact) mass is 249 g/mol. The molecule has 0 saturated heterocycles. The summed E-state index contributed by atoms with van der Waals surface area (Å²) in [7, 11) is 0. The van der Waals surface area contributed by atoms with E-state index in [1.807, 2.05) is 12.3 Å². The Bertz CT molecular complexity index is 330. The highest BCUT2D eigenvalue weighted by Gasteiger charge is 2.11. The van der Waals surface area contributed by atoms with Crippen LogP contribution in [0, 0.1) is 0 Å². The predicted octanol–water partition coefficient (Wildman–Crippen LogP) is 3.21. The molecule has 0 aromatic carbocycles. The SMILES string of the molecule is CCCN(CCC)c1ncccc1CNC(C)C. The molecule has 0 unspecified atom stereocenters. The summed E-state index contributed by atoms with van der Waals surface area (Å²) >= 11 is 0. The summed E-state index contributed by atoms with van der Waals surface area (Å²) < 4.78 is 0. The van der Waals surface area contributed by atoms with Crippen LogP contribution in [0.4, 0.5) is 5.82 Å². The Morgan fingerprint density at radius 3 is 2.44 bits per heavy atom. The van der Waals surface area contributed by atoms with Crippen LogP contribution in [0.3, 0.4) is 0 Å². The third-order valence-electron chi connectivity index (χ3n) is 2.85. The summed E-state index contributed by atoms with van der Waals surface area (Å²) in [5, 5.41) is 3.47. The van der Waals surface area contributed by atoms with Crippen molar-refractivity contribution in [3.63, 3.8) is 0 Å². The number of rotatable bonds is 8. The van der Waals surface area contributed by atoms with Crippen molar-refractivity contribution in [3.05, 3.63) is 23.9 Å². The lowest BCUT2D eigenvalue weighted by Crippen LogP contribution is -2.29. The molecule has 3 nitrogen and oxygen atoms in total. The molecule has 1 heterocycles. The lowest BCUT2D eigenvalue weighted by atomic mass is 10.2. The molecule has 0 amide bonds. The van der Waals surface area contributed by atoms with Crippen molar-refractivity contribution < 1.29 is 0 Å². The van der Waals surface area contributed by atoms with Gasteiger partial charge in [0.2, 0.25) is 0 Å². The molecular formula is C15H27N3. The summed E-state index contributed by atoms with van der Waals surface area (Å²) in [5.41, 5.74) is 1.30. The molecule has 18 heavy (non-hydrogen) atoms. The molecule has 1 rings (SSSR count). The Balaban J connectivity index is 2.83. The Labute approximate surface area is 112 Å². The second-order valence-corrected chi connectivity index (χ2v) is 5.01. The third-order valence-corrected chi connectivity index (χ3v) is 2.85. The Kier molecular flexibility index (Phi) is 6.73. The van der Waals surface area contributed by atoms with Gasteiger partial charge in [-0.3, -0.25) is 0 Å². The Morgan fingerprint density at radius 1 is 1.22 bits per heavy atom. The van der Waals surface area contributed by atoms with E-state index in [-0.39, 0.29) is 0 Å². The standard InChI is InChI=1S/C15H27N3/c1-5-10-18(11-6-2)15-14(8-7-9-16-15)12-17-13(3)4/h7-9,13,17H,5-6,10-12H2,1-4H3. The van der Waals surface area contributed by atoms with Crippen molar-refractivity contribution in [2.24, 2.45) is 0 Å². The number of aromatic nitrogens is 1. The highest BCUT2D eigenvalue weighted by molar-refractivity contribution is 5.46. The van der Waals surface area contributed by atoms with Crippen LogP contribution in [0.5, 0.6) is 0 Å². The van der Waals surface area contributed by atoms with E-state index >= 15 is 0 Å². The zero-order valence-electron chi connectivity index (χ0n) is 12.2. The maximum atomic E-state index is 4.58. The average Bonchev–Trinajstić information content (AvgIpc) is 2.36. The number of hydrogen-bond acceptors (Lipinski definition) is 3. The van der Waals surface area contributed by atoms with Crippen molar-refractivity contribution in [1.29, 1.82) is 0 Å². The van der Waals surface area contributed by atoms with Gasteiger partial charge in [0, 0.05) is 37.4 Å². The first-order valence-electron chi connectivity index (χ1n) is 7.11. The van der Waals surface area contributed by atoms with Crippen LogP contribution in [0.25, 0.3) is 0 Å². The van der Waals surface area contributed by atoms with Gasteiger partial charge in [0.25, 0.3) is 0 Å². The first kappa shape index (κ1) is 15.0. The van der Waals surface area contributed by atoms with Gasteiger partial charge in [-0.15, -0.1) is 0 Å². The minimum Gasteiger partial charge on any atom is -0.356 e. The van der Waals surface area contributed by atoms with Gasteiger partial charge >= 0.3 is 0 Å². The number of nitrogens with zero attached hydrogens (tertiary/aromatic N) is 2. The minimum atomic E-state index is 0.504. The average molecular weight is 249 g/mol. The van der Waals surface area contributed by atoms with Gasteiger partial charge in [0.05, 0.1) is 0 Å². The topological polar surface area (TPSA) is 28.2 Å². The highest BCUT2D eigenvalue weighted by Crippen LogP contribution is 2.18. The maximum absolute atomic E-state index is 4.58. The molecule has 1 aromatic heterocycles. The van der Waals surface area contributed by atoms with Crippen molar-refractivity contribution in [2.75, 3.05) is 18.0 Å². The lowest BCUT2D eigenvalue weighted by Gasteiger charge is -2.25. The first-order chi connectivity index (χ1) is 8.69. The molecule has 0 bridgehead atoms. The van der Waals surface area contributed by atoms with E-state index in [9.17, 15) is 0 Å². The molecule has 0 aliphatic carbocycles. The summed E-state index contributed by atoms with van der Waals surface area (Å²) in [6.45, 7) is 11.8. The first-order valence-corrected chi connectivity index (χ1v) is 7.11. The molecule has 0 radical (unpaired) electrons. The van der Waals surface area contributed by atoms with E-state index in [0.717, 1.165) is 38.3 Å². The molecule has 0 atom stereocenters. The molecule has 102 valence electrons. The largest absolute Gasteiger partial charge is 0.356 e. The van der Waals surface area contributed by atoms with Gasteiger partial charge in [-0.05, 0) is 18.9 Å². The number of anilines is 1. The molecule has 1 N–H and O–H groups in total. The predicted molar refractivity (Wildman–Crippen MR) is 79.0 cm³/mol. The van der Waals surface area contributed by atoms with Crippen LogP contribution in [0.1, 0.15) is 46.1 Å². The van der Waals surface area contributed by atoms with E-state index < -0.39 is 0 Å². The molecule has 0 spiro atoms. The fourth-order valence-electron chi connectivity index (χ4n) is 2.03. The highest BCUT2D eigenvalue weighted by atomic mass is 15.2. The quantitative estimate of drug-likeness (QED) is 0.767. The van der Waals surface area contributed by atoms with Gasteiger partial charge in [0.15, 0.2) is 0 Å². The Hall–Kier alpha value is -1.09. The molecule has 0 aliphatic heterocycles. The fraction of sp³-hybridized carbons (Fsp3) is 0.667. The summed E-state index contributed by atoms with van der Waals surface area (Å²) in [5.74, 6) is 1.15. The van der Waals surface area contributed by atoms with Gasteiger partial charge in [0.1, 0.15) is 5.82 Å². The second kappa shape index (κ2) is 8.09. The van der Waals surface area contributed by atoms with E-state index in [4.69, 9.17) is 0 Å². The van der Waals surface area contributed by atoms with Crippen LogP contribution in [-0.4, -0.2) is 24.1 Å². The van der Waals surface area contributed by atoms with Gasteiger partial charge in [-0.1, -0.05) is 33.8 Å². The fourth-order valence-corrected chi connectivity index (χ4v) is 2.03. The van der Waals surface area contributed by atoms with Crippen molar-refractivity contribution >= 4 is 5.82 Å². The van der Waals surface area contributed by atoms with E-state index in [2.05, 4.69) is 49.0 Å². The third kappa shape index (κ3) is 4.65. The second-order valence-electron chi connectivity index (χ2n) is 5.01. The smallest absolute Gasteiger partial charge is 0.133 e. The molecule has 0 aliphatic rings. The number of pyridine rings is 1. The molecular weight excluding hydrogens is 222 g/mol. The number of hydrogen-bond donors (Lipinski definition) is 1. The summed E-state index contributed by atoms with van der Waals surface area (Å²) in [6, 6.07) is 4.70. The van der Waals surface area contributed by atoms with Crippen molar-refractivity contribution in [2.45, 2.75) is 53.1 Å². The van der Waals surface area contributed by atoms with E-state index in [1.54, 1.807) is 0 Å². The van der Waals surface area contributed by atoms with E-state index in [0.29, 0.717) is 6.04 Å². The summed E-state index contributed by atoms with van der Waals surface area (Å²) in [6.07, 6.45) is 4.22. The van der Waals surface area contributed by atoms with Crippen LogP contribution >= 0.6 is 0 Å². The van der Waals surface area contributed by atoms with Gasteiger partial charge in [-0.2, -0.15) is 0 Å². The zero-order chi connectivity index (χ0) is 13.4. The maximum Gasteiger partial charge on any atom is 0.133 e. The Morgan fingerprint density at radius 2 is 1.89 bits per heavy atom. The van der Waals surface area contributed by atoms with Crippen molar-refractivity contribution in [3.8, 4) is 0 Å². The molecule has 0 fully saturated rings. The lowest BCUT2D eigenvalue weighted by molar-refractivity contribution is 0.585. The molecule has 3 heteroatoms. The zero-order valence-corrected chi connectivity index (χ0v) is 12.2. The van der Waals surface area contributed by atoms with Gasteiger partial charge in [-0.25, -0.2) is 4.98 Å². The normalized spacial score (nSPS) is 10.9. The molecule has 1 aromatic rings. The molecule has 0 saturated carbocycles. The van der Waals surface area contributed by atoms with Crippen molar-refractivity contribution in [1.82, 2.24) is 10.3 Å². The minimum absolute atomic E-state index is 0.504. The number of nitrogens with one attached hydrogen (secondary N) is 1. The van der Waals surface area contributed by atoms with Crippen LogP contribution in [0.15, 0.2) is 18.3 Å². The van der Waals surface area contributed by atoms with Crippen LogP contribution in [-0.2, 0) is 6.54 Å². The summed E-state index contributed by atoms with van der Waals surface area (Å²) in [4.78, 5) is 6.98. The van der Waals surface area contributed by atoms with E-state index in [1.165, 1.54) is 5.56 Å². The van der Waals surface area contributed by atoms with Gasteiger partial charge < -0.3 is 10.2 Å². The van der Waals surface area contributed by atoms with Crippen LogP contribution in [0.2, 0.25) is 0 Å². The van der Waals surface area contributed by atoms with Crippen LogP contribution < -0.4 is 10.2 Å².